The summed E-state index contributed by atoms with van der Waals surface area (Å²) in [6, 6.07) is 9.19. The van der Waals surface area contributed by atoms with Crippen molar-refractivity contribution in [3.05, 3.63) is 70.4 Å². The van der Waals surface area contributed by atoms with E-state index in [9.17, 15) is 22.8 Å². The van der Waals surface area contributed by atoms with Crippen molar-refractivity contribution >= 4 is 28.5 Å². The second-order valence-electron chi connectivity index (χ2n) is 7.79. The van der Waals surface area contributed by atoms with Crippen LogP contribution in [0.1, 0.15) is 18.2 Å². The number of ketones is 1. The number of Topliss-reactive ketones (excluding diaryl/α,β-unsaturated/α-hetero) is 1. The third-order valence-electron chi connectivity index (χ3n) is 5.06. The van der Waals surface area contributed by atoms with Crippen LogP contribution in [0.5, 0.6) is 11.5 Å². The monoisotopic (exact) mass is 471 g/mol. The molecule has 3 heterocycles. The van der Waals surface area contributed by atoms with Crippen LogP contribution in [0, 0.1) is 0 Å². The number of aromatic nitrogens is 4. The molecule has 0 saturated heterocycles. The van der Waals surface area contributed by atoms with Crippen LogP contribution in [0.4, 0.5) is 24.8 Å². The van der Waals surface area contributed by atoms with Crippen LogP contribution in [0.3, 0.4) is 0 Å². The Morgan fingerprint density at radius 2 is 1.85 bits per heavy atom. The van der Waals surface area contributed by atoms with Crippen molar-refractivity contribution < 1.29 is 22.7 Å². The molecule has 0 aliphatic heterocycles. The number of nitrogens with one attached hydrogen (secondary N) is 1. The van der Waals surface area contributed by atoms with Crippen LogP contribution in [0.15, 0.2) is 53.6 Å². The topological polar surface area (TPSA) is 91.0 Å². The van der Waals surface area contributed by atoms with E-state index in [-0.39, 0.29) is 23.8 Å². The van der Waals surface area contributed by atoms with E-state index in [0.717, 1.165) is 16.8 Å². The molecular formula is C23H20F3N5O3. The summed E-state index contributed by atoms with van der Waals surface area (Å²) in [7, 11) is 2.92. The van der Waals surface area contributed by atoms with E-state index < -0.39 is 17.3 Å². The van der Waals surface area contributed by atoms with E-state index in [0.29, 0.717) is 28.2 Å². The molecule has 0 radical (unpaired) electrons. The molecule has 11 heteroatoms. The van der Waals surface area contributed by atoms with Gasteiger partial charge in [0, 0.05) is 45.0 Å². The molecule has 4 rings (SSSR count). The molecule has 0 aliphatic rings. The van der Waals surface area contributed by atoms with E-state index in [1.165, 1.54) is 14.0 Å². The lowest BCUT2D eigenvalue weighted by Gasteiger charge is -2.12. The molecule has 0 atom stereocenters. The fraction of sp³-hybridized carbons (Fsp3) is 0.217. The van der Waals surface area contributed by atoms with E-state index in [1.54, 1.807) is 48.1 Å². The highest BCUT2D eigenvalue weighted by molar-refractivity contribution is 5.81. The van der Waals surface area contributed by atoms with Crippen LogP contribution in [-0.2, 0) is 31.5 Å². The summed E-state index contributed by atoms with van der Waals surface area (Å²) in [4.78, 5) is 32.2. The molecule has 8 nitrogen and oxygen atoms in total. The van der Waals surface area contributed by atoms with E-state index in [1.807, 2.05) is 0 Å². The number of benzene rings is 1. The van der Waals surface area contributed by atoms with Crippen LogP contribution in [0.2, 0.25) is 0 Å². The standard InChI is InChI=1S/C23H20F3N5O3/c1-13(32)8-15-10-17(6-7-27-15)34-16-4-5-18-20(11-16)31(3)22(28-18)29-19-9-14(23(24,25)26)12-30(2)21(19)33/h4-7,9-12H,8H2,1-3H3,(H,28,29). The number of halogens is 3. The first-order chi connectivity index (χ1) is 16.0. The Labute approximate surface area is 191 Å². The molecule has 0 aliphatic carbocycles. The van der Waals surface area contributed by atoms with Gasteiger partial charge in [0.15, 0.2) is 0 Å². The maximum absolute atomic E-state index is 13.2. The highest BCUT2D eigenvalue weighted by Gasteiger charge is 2.32. The van der Waals surface area contributed by atoms with Crippen LogP contribution in [0.25, 0.3) is 11.0 Å². The second kappa shape index (κ2) is 8.65. The lowest BCUT2D eigenvalue weighted by Crippen LogP contribution is -2.23. The number of carbonyl (C=O) groups is 1. The number of carbonyl (C=O) groups excluding carboxylic acids is 1. The number of imidazole rings is 1. The summed E-state index contributed by atoms with van der Waals surface area (Å²) in [5.41, 5.74) is -0.0612. The first-order valence-electron chi connectivity index (χ1n) is 10.1. The van der Waals surface area contributed by atoms with Crippen molar-refractivity contribution in [3.8, 4) is 11.5 Å². The summed E-state index contributed by atoms with van der Waals surface area (Å²) >= 11 is 0. The van der Waals surface area contributed by atoms with Gasteiger partial charge in [-0.05, 0) is 31.2 Å². The number of nitrogens with zero attached hydrogens (tertiary/aromatic N) is 4. The number of fused-ring (bicyclic) bond motifs is 1. The zero-order valence-corrected chi connectivity index (χ0v) is 18.5. The largest absolute Gasteiger partial charge is 0.457 e. The summed E-state index contributed by atoms with van der Waals surface area (Å²) in [5.74, 6) is 1.16. The van der Waals surface area contributed by atoms with Gasteiger partial charge in [-0.2, -0.15) is 13.2 Å². The molecule has 0 saturated carbocycles. The molecule has 0 amide bonds. The molecule has 4 aromatic rings. The Hall–Kier alpha value is -4.15. The molecule has 1 aromatic carbocycles. The van der Waals surface area contributed by atoms with E-state index in [2.05, 4.69) is 15.3 Å². The first-order valence-corrected chi connectivity index (χ1v) is 10.1. The van der Waals surface area contributed by atoms with Gasteiger partial charge in [-0.25, -0.2) is 4.98 Å². The molecule has 0 bridgehead atoms. The Morgan fingerprint density at radius 3 is 2.56 bits per heavy atom. The van der Waals surface area contributed by atoms with Crippen LogP contribution < -0.4 is 15.6 Å². The maximum Gasteiger partial charge on any atom is 0.417 e. The van der Waals surface area contributed by atoms with Gasteiger partial charge < -0.3 is 19.2 Å². The average molecular weight is 471 g/mol. The number of aryl methyl sites for hydroxylation is 2. The maximum atomic E-state index is 13.2. The number of pyridine rings is 2. The van der Waals surface area contributed by atoms with Crippen molar-refractivity contribution in [1.29, 1.82) is 0 Å². The highest BCUT2D eigenvalue weighted by Crippen LogP contribution is 2.31. The van der Waals surface area contributed by atoms with Crippen molar-refractivity contribution in [3.63, 3.8) is 0 Å². The zero-order chi connectivity index (χ0) is 24.6. The van der Waals surface area contributed by atoms with Gasteiger partial charge in [0.25, 0.3) is 5.56 Å². The number of alkyl halides is 3. The average Bonchev–Trinajstić information content (AvgIpc) is 3.05. The Morgan fingerprint density at radius 1 is 1.12 bits per heavy atom. The molecule has 0 unspecified atom stereocenters. The fourth-order valence-electron chi connectivity index (χ4n) is 3.43. The SMILES string of the molecule is CC(=O)Cc1cc(Oc2ccc3nc(Nc4cc(C(F)(F)F)cn(C)c4=O)n(C)c3c2)ccn1. The van der Waals surface area contributed by atoms with Gasteiger partial charge in [0.1, 0.15) is 23.0 Å². The summed E-state index contributed by atoms with van der Waals surface area (Å²) in [6.45, 7) is 1.48. The first kappa shape index (κ1) is 23.0. The minimum absolute atomic E-state index is 0.0171. The van der Waals surface area contributed by atoms with E-state index in [4.69, 9.17) is 4.74 Å². The quantitative estimate of drug-likeness (QED) is 0.450. The molecule has 34 heavy (non-hydrogen) atoms. The molecule has 176 valence electrons. The number of anilines is 2. The normalized spacial score (nSPS) is 11.6. The van der Waals surface area contributed by atoms with Gasteiger partial charge in [0.2, 0.25) is 5.95 Å². The fourth-order valence-corrected chi connectivity index (χ4v) is 3.43. The predicted octanol–water partition coefficient (Wildman–Crippen LogP) is 4.35. The minimum Gasteiger partial charge on any atom is -0.457 e. The smallest absolute Gasteiger partial charge is 0.417 e. The molecule has 0 fully saturated rings. The number of rotatable bonds is 6. The van der Waals surface area contributed by atoms with Crippen LogP contribution in [-0.4, -0.2) is 24.9 Å². The minimum atomic E-state index is -4.60. The number of ether oxygens (including phenoxy) is 1. The van der Waals surface area contributed by atoms with Crippen molar-refractivity contribution in [2.75, 3.05) is 5.32 Å². The predicted molar refractivity (Wildman–Crippen MR) is 119 cm³/mol. The lowest BCUT2D eigenvalue weighted by atomic mass is 10.2. The summed E-state index contributed by atoms with van der Waals surface area (Å²) < 4.78 is 47.9. The number of hydrogen-bond acceptors (Lipinski definition) is 6. The molecule has 0 spiro atoms. The van der Waals surface area contributed by atoms with Gasteiger partial charge in [-0.3, -0.25) is 14.6 Å². The zero-order valence-electron chi connectivity index (χ0n) is 18.5. The number of hydrogen-bond donors (Lipinski definition) is 1. The Balaban J connectivity index is 1.64. The lowest BCUT2D eigenvalue weighted by molar-refractivity contribution is -0.138. The van der Waals surface area contributed by atoms with Crippen LogP contribution >= 0.6 is 0 Å². The van der Waals surface area contributed by atoms with Gasteiger partial charge >= 0.3 is 6.18 Å². The molecule has 3 aromatic heterocycles. The van der Waals surface area contributed by atoms with Crippen molar-refractivity contribution in [2.24, 2.45) is 14.1 Å². The molecular weight excluding hydrogens is 451 g/mol. The molecule has 1 N–H and O–H groups in total. The van der Waals surface area contributed by atoms with Crippen molar-refractivity contribution in [1.82, 2.24) is 19.1 Å². The Kier molecular flexibility index (Phi) is 5.86. The van der Waals surface area contributed by atoms with E-state index >= 15 is 0 Å². The third kappa shape index (κ3) is 4.77. The summed E-state index contributed by atoms with van der Waals surface area (Å²) in [6.07, 6.45) is -2.11. The second-order valence-corrected chi connectivity index (χ2v) is 7.79. The summed E-state index contributed by atoms with van der Waals surface area (Å²) in [5, 5.41) is 2.72. The third-order valence-corrected chi connectivity index (χ3v) is 5.06. The van der Waals surface area contributed by atoms with Gasteiger partial charge in [-0.1, -0.05) is 0 Å². The van der Waals surface area contributed by atoms with Gasteiger partial charge in [0.05, 0.1) is 22.3 Å². The Bertz CT molecular complexity index is 1460. The highest BCUT2D eigenvalue weighted by atomic mass is 19.4. The van der Waals surface area contributed by atoms with Gasteiger partial charge in [-0.15, -0.1) is 0 Å². The van der Waals surface area contributed by atoms with Crippen molar-refractivity contribution in [2.45, 2.75) is 19.5 Å².